The van der Waals surface area contributed by atoms with Gasteiger partial charge < -0.3 is 20.5 Å². The van der Waals surface area contributed by atoms with Crippen LogP contribution in [0.2, 0.25) is 0 Å². The van der Waals surface area contributed by atoms with Crippen LogP contribution in [-0.4, -0.2) is 55.1 Å². The van der Waals surface area contributed by atoms with Gasteiger partial charge in [-0.15, -0.1) is 0 Å². The first kappa shape index (κ1) is 27.7. The first-order valence-electron chi connectivity index (χ1n) is 14.4. The highest BCUT2D eigenvalue weighted by atomic mass is 19.1. The van der Waals surface area contributed by atoms with Crippen molar-refractivity contribution in [2.24, 2.45) is 5.92 Å². The molecule has 1 aliphatic carbocycles. The molecule has 42 heavy (non-hydrogen) atoms. The molecule has 1 unspecified atom stereocenters. The molecule has 2 aliphatic rings. The van der Waals surface area contributed by atoms with Gasteiger partial charge in [0.15, 0.2) is 0 Å². The van der Waals surface area contributed by atoms with Crippen LogP contribution in [0.1, 0.15) is 61.8 Å². The zero-order valence-corrected chi connectivity index (χ0v) is 23.9. The Morgan fingerprint density at radius 3 is 2.67 bits per heavy atom. The number of fused-ring (bicyclic) bond motifs is 2. The highest BCUT2D eigenvalue weighted by Gasteiger charge is 2.28. The fourth-order valence-electron chi connectivity index (χ4n) is 5.73. The van der Waals surface area contributed by atoms with E-state index in [2.05, 4.69) is 20.6 Å². The van der Waals surface area contributed by atoms with Gasteiger partial charge in [-0.2, -0.15) is 0 Å². The molecular weight excluding hydrogens is 541 g/mol. The fraction of sp³-hybridized carbons (Fsp3) is 0.433. The summed E-state index contributed by atoms with van der Waals surface area (Å²) in [6.07, 6.45) is 3.28. The molecule has 2 fully saturated rings. The Balaban J connectivity index is 1.20. The van der Waals surface area contributed by atoms with Gasteiger partial charge in [-0.25, -0.2) is 19.0 Å². The van der Waals surface area contributed by atoms with Gasteiger partial charge in [-0.3, -0.25) is 18.7 Å². The van der Waals surface area contributed by atoms with Gasteiger partial charge in [0, 0.05) is 43.3 Å². The van der Waals surface area contributed by atoms with E-state index in [4.69, 9.17) is 0 Å². The van der Waals surface area contributed by atoms with E-state index in [1.54, 1.807) is 18.2 Å². The van der Waals surface area contributed by atoms with Crippen molar-refractivity contribution in [3.05, 3.63) is 68.4 Å². The van der Waals surface area contributed by atoms with E-state index in [9.17, 15) is 19.2 Å². The summed E-state index contributed by atoms with van der Waals surface area (Å²) in [7, 11) is 0. The van der Waals surface area contributed by atoms with E-state index < -0.39 is 23.1 Å². The average molecular weight is 576 g/mol. The lowest BCUT2D eigenvalue weighted by molar-refractivity contribution is 0.0913. The van der Waals surface area contributed by atoms with Gasteiger partial charge in [0.25, 0.3) is 11.5 Å². The number of aromatic nitrogens is 4. The first-order valence-corrected chi connectivity index (χ1v) is 14.4. The lowest BCUT2D eigenvalue weighted by Crippen LogP contribution is -2.50. The predicted octanol–water partition coefficient (Wildman–Crippen LogP) is 3.90. The molecule has 2 aromatic heterocycles. The summed E-state index contributed by atoms with van der Waals surface area (Å²) in [4.78, 5) is 61.7. The quantitative estimate of drug-likeness (QED) is 0.321. The van der Waals surface area contributed by atoms with E-state index in [-0.39, 0.29) is 47.0 Å². The standard InChI is InChI=1S/C30H34FN7O4/c1-16(2)38-26-13-22(31)24(12-21(26)28(40)37(30(38)42)14-18-6-7-18)35-29(41)36-10-4-5-20(15-36)34-27(39)19-8-9-23-25(11-19)33-17(3)32-23/h8-9,11-13,16,18,20H,4-7,10,14-15H2,1-3H3,(H,32,33)(H,34,39)(H,35,41). The molecule has 11 nitrogen and oxygen atoms in total. The van der Waals surface area contributed by atoms with Gasteiger partial charge in [0.2, 0.25) is 0 Å². The van der Waals surface area contributed by atoms with Crippen LogP contribution in [0.5, 0.6) is 0 Å². The summed E-state index contributed by atoms with van der Waals surface area (Å²) in [5, 5.41) is 5.79. The second-order valence-electron chi connectivity index (χ2n) is 11.7. The number of carbonyl (C=O) groups is 2. The number of piperidine rings is 1. The monoisotopic (exact) mass is 575 g/mol. The highest BCUT2D eigenvalue weighted by molar-refractivity contribution is 5.97. The van der Waals surface area contributed by atoms with Gasteiger partial charge in [-0.1, -0.05) is 0 Å². The van der Waals surface area contributed by atoms with E-state index in [0.29, 0.717) is 31.5 Å². The number of likely N-dealkylation sites (tertiary alicyclic amines) is 1. The first-order chi connectivity index (χ1) is 20.1. The third-order valence-electron chi connectivity index (χ3n) is 8.06. The van der Waals surface area contributed by atoms with E-state index in [0.717, 1.165) is 35.8 Å². The van der Waals surface area contributed by atoms with Crippen molar-refractivity contribution in [3.8, 4) is 0 Å². The third-order valence-corrected chi connectivity index (χ3v) is 8.06. The smallest absolute Gasteiger partial charge is 0.331 e. The van der Waals surface area contributed by atoms with Crippen LogP contribution in [0.3, 0.4) is 0 Å². The number of nitrogens with one attached hydrogen (secondary N) is 3. The fourth-order valence-corrected chi connectivity index (χ4v) is 5.73. The number of rotatable bonds is 6. The molecule has 2 aromatic carbocycles. The third kappa shape index (κ3) is 5.28. The molecular formula is C30H34FN7O4. The molecule has 0 radical (unpaired) electrons. The number of amides is 3. The molecule has 4 aromatic rings. The van der Waals surface area contributed by atoms with Crippen molar-refractivity contribution < 1.29 is 14.0 Å². The van der Waals surface area contributed by atoms with Gasteiger partial charge in [0.1, 0.15) is 11.6 Å². The summed E-state index contributed by atoms with van der Waals surface area (Å²) in [5.74, 6) is 0.0571. The number of halogens is 1. The van der Waals surface area contributed by atoms with Gasteiger partial charge in [0.05, 0.1) is 27.6 Å². The molecule has 0 bridgehead atoms. The minimum absolute atomic E-state index is 0.133. The summed E-state index contributed by atoms with van der Waals surface area (Å²) >= 11 is 0. The van der Waals surface area contributed by atoms with Crippen molar-refractivity contribution in [2.75, 3.05) is 18.4 Å². The van der Waals surface area contributed by atoms with Crippen LogP contribution in [0.15, 0.2) is 39.9 Å². The van der Waals surface area contributed by atoms with Gasteiger partial charge in [-0.05, 0) is 76.6 Å². The molecule has 1 atom stereocenters. The molecule has 12 heteroatoms. The summed E-state index contributed by atoms with van der Waals surface area (Å²) < 4.78 is 18.0. The maximum absolute atomic E-state index is 15.3. The maximum atomic E-state index is 15.3. The minimum Gasteiger partial charge on any atom is -0.348 e. The van der Waals surface area contributed by atoms with Crippen molar-refractivity contribution >= 4 is 39.6 Å². The van der Waals surface area contributed by atoms with Crippen LogP contribution in [0.25, 0.3) is 21.9 Å². The number of benzene rings is 2. The zero-order valence-electron chi connectivity index (χ0n) is 23.9. The Morgan fingerprint density at radius 1 is 1.14 bits per heavy atom. The van der Waals surface area contributed by atoms with Gasteiger partial charge >= 0.3 is 11.7 Å². The zero-order chi connectivity index (χ0) is 29.7. The molecule has 6 rings (SSSR count). The average Bonchev–Trinajstić information content (AvgIpc) is 3.69. The normalized spacial score (nSPS) is 17.3. The highest BCUT2D eigenvalue weighted by Crippen LogP contribution is 2.30. The number of H-pyrrole nitrogens is 1. The number of anilines is 1. The van der Waals surface area contributed by atoms with Crippen molar-refractivity contribution in [1.29, 1.82) is 0 Å². The Kier molecular flexibility index (Phi) is 7.07. The Labute approximate surface area is 240 Å². The van der Waals surface area contributed by atoms with E-state index in [1.165, 1.54) is 20.1 Å². The Hall–Kier alpha value is -4.48. The van der Waals surface area contributed by atoms with Crippen LogP contribution in [0.4, 0.5) is 14.9 Å². The number of aromatic amines is 1. The van der Waals surface area contributed by atoms with Crippen LogP contribution in [-0.2, 0) is 6.54 Å². The summed E-state index contributed by atoms with van der Waals surface area (Å²) in [5.41, 5.74) is 1.16. The number of hydrogen-bond donors (Lipinski definition) is 3. The SMILES string of the molecule is Cc1nc2ccc(C(=O)NC3CCCN(C(=O)Nc4cc5c(=O)n(CC6CC6)c(=O)n(C(C)C)c5cc4F)C3)cc2[nH]1. The lowest BCUT2D eigenvalue weighted by atomic mass is 10.1. The summed E-state index contributed by atoms with van der Waals surface area (Å²) in [6.45, 7) is 6.48. The Morgan fingerprint density at radius 2 is 1.93 bits per heavy atom. The van der Waals surface area contributed by atoms with E-state index >= 15 is 4.39 Å². The second-order valence-corrected chi connectivity index (χ2v) is 11.7. The second kappa shape index (κ2) is 10.7. The predicted molar refractivity (Wildman–Crippen MR) is 157 cm³/mol. The summed E-state index contributed by atoms with van der Waals surface area (Å²) in [6, 6.07) is 6.61. The number of aryl methyl sites for hydroxylation is 1. The largest absolute Gasteiger partial charge is 0.348 e. The van der Waals surface area contributed by atoms with Crippen molar-refractivity contribution in [1.82, 2.24) is 29.3 Å². The van der Waals surface area contributed by atoms with Crippen LogP contribution < -0.4 is 21.9 Å². The molecule has 3 heterocycles. The number of hydrogen-bond acceptors (Lipinski definition) is 5. The maximum Gasteiger partial charge on any atom is 0.331 e. The molecule has 1 saturated carbocycles. The number of urea groups is 1. The van der Waals surface area contributed by atoms with Crippen molar-refractivity contribution in [2.45, 2.75) is 65.1 Å². The van der Waals surface area contributed by atoms with Crippen molar-refractivity contribution in [3.63, 3.8) is 0 Å². The number of carbonyl (C=O) groups excluding carboxylic acids is 2. The molecule has 220 valence electrons. The lowest BCUT2D eigenvalue weighted by Gasteiger charge is -2.33. The number of imidazole rings is 1. The molecule has 1 saturated heterocycles. The molecule has 3 amide bonds. The number of nitrogens with zero attached hydrogens (tertiary/aromatic N) is 4. The minimum atomic E-state index is -0.740. The molecule has 1 aliphatic heterocycles. The molecule has 3 N–H and O–H groups in total. The Bertz CT molecular complexity index is 1840. The topological polar surface area (TPSA) is 134 Å². The van der Waals surface area contributed by atoms with Crippen LogP contribution in [0, 0.1) is 18.7 Å². The van der Waals surface area contributed by atoms with Crippen LogP contribution >= 0.6 is 0 Å². The molecule has 0 spiro atoms. The van der Waals surface area contributed by atoms with E-state index in [1.807, 2.05) is 20.8 Å².